The van der Waals surface area contributed by atoms with Crippen LogP contribution in [0.15, 0.2) is 23.3 Å². The lowest BCUT2D eigenvalue weighted by Crippen LogP contribution is -2.53. The van der Waals surface area contributed by atoms with E-state index in [0.29, 0.717) is 6.54 Å². The third-order valence-electron chi connectivity index (χ3n) is 6.26. The molecule has 134 valence electrons. The molecule has 0 aliphatic heterocycles. The molecule has 6 nitrogen and oxygen atoms in total. The zero-order valence-electron chi connectivity index (χ0n) is 14.3. The highest BCUT2D eigenvalue weighted by molar-refractivity contribution is 5.91. The largest absolute Gasteiger partial charge is 0.366 e. The van der Waals surface area contributed by atoms with Gasteiger partial charge in [0.2, 0.25) is 17.2 Å². The predicted molar refractivity (Wildman–Crippen MR) is 93.9 cm³/mol. The van der Waals surface area contributed by atoms with Crippen molar-refractivity contribution in [1.29, 1.82) is 0 Å². The molecule has 2 amide bonds. The zero-order chi connectivity index (χ0) is 17.4. The summed E-state index contributed by atoms with van der Waals surface area (Å²) in [4.78, 5) is 39.1. The maximum atomic E-state index is 12.8. The van der Waals surface area contributed by atoms with E-state index >= 15 is 0 Å². The zero-order valence-corrected chi connectivity index (χ0v) is 14.3. The number of anilines is 1. The van der Waals surface area contributed by atoms with Crippen molar-refractivity contribution in [3.05, 3.63) is 28.7 Å². The van der Waals surface area contributed by atoms with Gasteiger partial charge in [0.25, 0.3) is 0 Å². The van der Waals surface area contributed by atoms with Gasteiger partial charge in [-0.2, -0.15) is 0 Å². The molecule has 0 unspecified atom stereocenters. The van der Waals surface area contributed by atoms with Crippen molar-refractivity contribution in [2.45, 2.75) is 44.9 Å². The van der Waals surface area contributed by atoms with Gasteiger partial charge < -0.3 is 15.6 Å². The van der Waals surface area contributed by atoms with E-state index in [2.05, 4.69) is 15.6 Å². The monoisotopic (exact) mass is 343 g/mol. The van der Waals surface area contributed by atoms with Crippen LogP contribution in [0.5, 0.6) is 0 Å². The maximum Gasteiger partial charge on any atom is 0.226 e. The van der Waals surface area contributed by atoms with E-state index in [1.54, 1.807) is 0 Å². The Morgan fingerprint density at radius 1 is 1.12 bits per heavy atom. The van der Waals surface area contributed by atoms with Crippen LogP contribution in [0.2, 0.25) is 0 Å². The Morgan fingerprint density at radius 2 is 1.76 bits per heavy atom. The Labute approximate surface area is 146 Å². The first-order valence-electron chi connectivity index (χ1n) is 9.29. The van der Waals surface area contributed by atoms with E-state index < -0.39 is 0 Å². The summed E-state index contributed by atoms with van der Waals surface area (Å²) in [6, 6.07) is 1.37. The van der Waals surface area contributed by atoms with Gasteiger partial charge in [0.05, 0.1) is 0 Å². The second-order valence-electron chi connectivity index (χ2n) is 8.17. The van der Waals surface area contributed by atoms with Crippen LogP contribution >= 0.6 is 0 Å². The Hall–Kier alpha value is -2.11. The number of rotatable bonds is 5. The van der Waals surface area contributed by atoms with Gasteiger partial charge in [-0.05, 0) is 56.3 Å². The smallest absolute Gasteiger partial charge is 0.226 e. The van der Waals surface area contributed by atoms with Crippen LogP contribution in [0.25, 0.3) is 0 Å². The molecule has 3 N–H and O–H groups in total. The van der Waals surface area contributed by atoms with Crippen molar-refractivity contribution in [1.82, 2.24) is 10.3 Å². The molecule has 4 fully saturated rings. The van der Waals surface area contributed by atoms with Crippen molar-refractivity contribution >= 4 is 17.5 Å². The highest BCUT2D eigenvalue weighted by Crippen LogP contribution is 2.60. The molecule has 0 saturated heterocycles. The van der Waals surface area contributed by atoms with Crippen LogP contribution in [0, 0.1) is 23.2 Å². The highest BCUT2D eigenvalue weighted by Gasteiger charge is 2.54. The number of aromatic nitrogens is 1. The minimum atomic E-state index is -0.262. The highest BCUT2D eigenvalue weighted by atomic mass is 16.2. The van der Waals surface area contributed by atoms with E-state index in [1.807, 2.05) is 0 Å². The molecule has 0 aromatic carbocycles. The Balaban J connectivity index is 1.29. The molecule has 4 bridgehead atoms. The summed E-state index contributed by atoms with van der Waals surface area (Å²) >= 11 is 0. The van der Waals surface area contributed by atoms with Gasteiger partial charge in [-0.25, -0.2) is 0 Å². The number of pyridine rings is 1. The van der Waals surface area contributed by atoms with E-state index in [9.17, 15) is 14.4 Å². The summed E-state index contributed by atoms with van der Waals surface area (Å²) in [5, 5.41) is 5.57. The second kappa shape index (κ2) is 6.32. The fourth-order valence-corrected chi connectivity index (χ4v) is 5.59. The number of aromatic amines is 1. The normalized spacial score (nSPS) is 32.4. The molecule has 5 rings (SSSR count). The van der Waals surface area contributed by atoms with Gasteiger partial charge in [-0.3, -0.25) is 14.4 Å². The van der Waals surface area contributed by atoms with Crippen LogP contribution in [0.4, 0.5) is 5.69 Å². The standard InChI is InChI=1S/C19H25N3O3/c23-16-1-3-20-11-15(16)22-17(24)2-4-21-18(25)19-8-12-5-13(9-19)7-14(6-12)10-19/h1,3,11-14H,2,4-10H2,(H,20,23)(H,21,25)(H,22,24). The van der Waals surface area contributed by atoms with Crippen molar-refractivity contribution in [3.8, 4) is 0 Å². The van der Waals surface area contributed by atoms with Crippen molar-refractivity contribution < 1.29 is 9.59 Å². The first-order chi connectivity index (χ1) is 12.0. The van der Waals surface area contributed by atoms with Crippen LogP contribution in [0.3, 0.4) is 0 Å². The first kappa shape index (κ1) is 16.4. The lowest BCUT2D eigenvalue weighted by Gasteiger charge is -2.55. The van der Waals surface area contributed by atoms with Gasteiger partial charge in [0, 0.05) is 36.8 Å². The molecule has 4 aliphatic rings. The number of amides is 2. The number of carbonyl (C=O) groups excluding carboxylic acids is 2. The fraction of sp³-hybridized carbons (Fsp3) is 0.632. The molecule has 1 aromatic rings. The number of carbonyl (C=O) groups is 2. The number of hydrogen-bond acceptors (Lipinski definition) is 3. The molecule has 1 aromatic heterocycles. The van der Waals surface area contributed by atoms with Gasteiger partial charge in [0.15, 0.2) is 0 Å². The summed E-state index contributed by atoms with van der Waals surface area (Å²) in [6.45, 7) is 0.317. The summed E-state index contributed by atoms with van der Waals surface area (Å²) < 4.78 is 0. The molecule has 25 heavy (non-hydrogen) atoms. The van der Waals surface area contributed by atoms with Crippen LogP contribution < -0.4 is 16.1 Å². The topological polar surface area (TPSA) is 91.1 Å². The third-order valence-corrected chi connectivity index (χ3v) is 6.26. The lowest BCUT2D eigenvalue weighted by molar-refractivity contribution is -0.146. The first-order valence-corrected chi connectivity index (χ1v) is 9.29. The van der Waals surface area contributed by atoms with Crippen LogP contribution in [-0.4, -0.2) is 23.3 Å². The average Bonchev–Trinajstić information content (AvgIpc) is 2.55. The molecule has 1 heterocycles. The van der Waals surface area contributed by atoms with Gasteiger partial charge in [0.1, 0.15) is 5.69 Å². The minimum Gasteiger partial charge on any atom is -0.366 e. The number of nitrogens with one attached hydrogen (secondary N) is 3. The second-order valence-corrected chi connectivity index (χ2v) is 8.17. The molecule has 4 saturated carbocycles. The maximum absolute atomic E-state index is 12.8. The molecule has 0 spiro atoms. The molecule has 0 atom stereocenters. The van der Waals surface area contributed by atoms with Crippen LogP contribution in [-0.2, 0) is 9.59 Å². The molecule has 0 radical (unpaired) electrons. The van der Waals surface area contributed by atoms with Crippen LogP contribution in [0.1, 0.15) is 44.9 Å². The predicted octanol–water partition coefficient (Wildman–Crippen LogP) is 2.04. The van der Waals surface area contributed by atoms with E-state index in [1.165, 1.54) is 37.7 Å². The van der Waals surface area contributed by atoms with Crippen molar-refractivity contribution in [3.63, 3.8) is 0 Å². The van der Waals surface area contributed by atoms with E-state index in [4.69, 9.17) is 0 Å². The Kier molecular flexibility index (Phi) is 4.13. The summed E-state index contributed by atoms with van der Waals surface area (Å²) in [5.74, 6) is 2.06. The SMILES string of the molecule is O=C(CCNC(=O)C12CC3CC(CC(C3)C1)C2)Nc1c[nH]ccc1=O. The molecule has 6 heteroatoms. The summed E-state index contributed by atoms with van der Waals surface area (Å²) in [7, 11) is 0. The van der Waals surface area contributed by atoms with E-state index in [-0.39, 0.29) is 34.8 Å². The molecule has 4 aliphatic carbocycles. The summed E-state index contributed by atoms with van der Waals surface area (Å²) in [5.41, 5.74) is -0.174. The lowest BCUT2D eigenvalue weighted by atomic mass is 9.49. The van der Waals surface area contributed by atoms with Gasteiger partial charge in [-0.15, -0.1) is 0 Å². The van der Waals surface area contributed by atoms with Crippen molar-refractivity contribution in [2.24, 2.45) is 23.2 Å². The molecular formula is C19H25N3O3. The Morgan fingerprint density at radius 3 is 2.36 bits per heavy atom. The number of hydrogen-bond donors (Lipinski definition) is 3. The average molecular weight is 343 g/mol. The van der Waals surface area contributed by atoms with Gasteiger partial charge >= 0.3 is 0 Å². The third kappa shape index (κ3) is 3.22. The van der Waals surface area contributed by atoms with Crippen molar-refractivity contribution in [2.75, 3.05) is 11.9 Å². The summed E-state index contributed by atoms with van der Waals surface area (Å²) in [6.07, 6.45) is 10.1. The molecular weight excluding hydrogens is 318 g/mol. The number of H-pyrrole nitrogens is 1. The minimum absolute atomic E-state index is 0.136. The van der Waals surface area contributed by atoms with E-state index in [0.717, 1.165) is 37.0 Å². The van der Waals surface area contributed by atoms with Gasteiger partial charge in [-0.1, -0.05) is 0 Å². The fourth-order valence-electron chi connectivity index (χ4n) is 5.59. The quantitative estimate of drug-likeness (QED) is 0.764. The Bertz CT molecular complexity index is 704.